The second-order valence-corrected chi connectivity index (χ2v) is 4.11. The second-order valence-electron chi connectivity index (χ2n) is 4.11. The zero-order valence-electron chi connectivity index (χ0n) is 9.93. The smallest absolute Gasteiger partial charge is 0.158 e. The minimum Gasteiger partial charge on any atom is -0.391 e. The van der Waals surface area contributed by atoms with Crippen molar-refractivity contribution in [3.8, 4) is 0 Å². The molecule has 2 unspecified atom stereocenters. The first-order chi connectivity index (χ1) is 7.33. The molecule has 0 amide bonds. The van der Waals surface area contributed by atoms with Gasteiger partial charge in [0.1, 0.15) is 0 Å². The molecule has 3 N–H and O–H groups in total. The van der Waals surface area contributed by atoms with E-state index in [1.54, 1.807) is 6.08 Å². The summed E-state index contributed by atoms with van der Waals surface area (Å²) >= 11 is 0. The Morgan fingerprint density at radius 3 is 2.38 bits per heavy atom. The summed E-state index contributed by atoms with van der Waals surface area (Å²) in [5.74, 6) is -1.50. The molecule has 0 bridgehead atoms. The highest BCUT2D eigenvalue weighted by molar-refractivity contribution is 4.67. The molecule has 2 atom stereocenters. The summed E-state index contributed by atoms with van der Waals surface area (Å²) in [4.78, 5) is 0. The van der Waals surface area contributed by atoms with E-state index < -0.39 is 5.79 Å². The van der Waals surface area contributed by atoms with E-state index in [2.05, 4.69) is 6.58 Å². The van der Waals surface area contributed by atoms with Crippen molar-refractivity contribution < 1.29 is 24.8 Å². The van der Waals surface area contributed by atoms with Gasteiger partial charge in [0.15, 0.2) is 12.1 Å². The first-order valence-electron chi connectivity index (χ1n) is 5.30. The van der Waals surface area contributed by atoms with Crippen molar-refractivity contribution in [3.05, 3.63) is 12.7 Å². The molecule has 1 rings (SSSR count). The van der Waals surface area contributed by atoms with Crippen molar-refractivity contribution >= 4 is 0 Å². The molecule has 1 fully saturated rings. The Morgan fingerprint density at radius 1 is 1.44 bits per heavy atom. The summed E-state index contributed by atoms with van der Waals surface area (Å²) in [7, 11) is 0. The Balaban J connectivity index is 0.000000385. The molecule has 0 saturated carbocycles. The van der Waals surface area contributed by atoms with Crippen molar-refractivity contribution in [1.29, 1.82) is 0 Å². The van der Waals surface area contributed by atoms with Gasteiger partial charge in [0.25, 0.3) is 0 Å². The van der Waals surface area contributed by atoms with Gasteiger partial charge in [-0.05, 0) is 20.3 Å². The van der Waals surface area contributed by atoms with Crippen LogP contribution < -0.4 is 0 Å². The van der Waals surface area contributed by atoms with Gasteiger partial charge >= 0.3 is 0 Å². The third-order valence-corrected chi connectivity index (χ3v) is 1.61. The Bertz CT molecular complexity index is 173. The lowest BCUT2D eigenvalue weighted by Gasteiger charge is -2.25. The van der Waals surface area contributed by atoms with Gasteiger partial charge in [-0.15, -0.1) is 6.58 Å². The van der Waals surface area contributed by atoms with Crippen LogP contribution in [-0.4, -0.2) is 46.7 Å². The van der Waals surface area contributed by atoms with Crippen LogP contribution in [0, 0.1) is 0 Å². The van der Waals surface area contributed by atoms with E-state index in [1.807, 2.05) is 0 Å². The third-order valence-electron chi connectivity index (χ3n) is 1.61. The highest BCUT2D eigenvalue weighted by Crippen LogP contribution is 2.13. The molecule has 0 aromatic heterocycles. The molecule has 0 radical (unpaired) electrons. The Hall–Kier alpha value is -0.460. The van der Waals surface area contributed by atoms with Crippen molar-refractivity contribution in [2.24, 2.45) is 0 Å². The van der Waals surface area contributed by atoms with Gasteiger partial charge in [-0.25, -0.2) is 0 Å². The van der Waals surface area contributed by atoms with Crippen LogP contribution in [0.2, 0.25) is 0 Å². The SMILES string of the molecule is C=CCOC1CCC(O)CO1.CC(C)(O)O. The minimum atomic E-state index is -1.50. The van der Waals surface area contributed by atoms with E-state index in [1.165, 1.54) is 13.8 Å². The predicted octanol–water partition coefficient (Wildman–Crippen LogP) is 0.393. The van der Waals surface area contributed by atoms with Gasteiger partial charge in [-0.3, -0.25) is 0 Å². The molecule has 0 aliphatic carbocycles. The van der Waals surface area contributed by atoms with E-state index in [-0.39, 0.29) is 12.4 Å². The fraction of sp³-hybridized carbons (Fsp3) is 0.818. The molecule has 1 heterocycles. The van der Waals surface area contributed by atoms with Crippen LogP contribution in [0.1, 0.15) is 26.7 Å². The standard InChI is InChI=1S/C8H14O3.C3H8O2/c1-2-5-10-8-4-3-7(9)6-11-8;1-3(2,4)5/h2,7-9H,1,3-6H2;4-5H,1-2H3. The second kappa shape index (κ2) is 7.76. The maximum absolute atomic E-state index is 9.05. The van der Waals surface area contributed by atoms with Crippen LogP contribution in [0.4, 0.5) is 0 Å². The van der Waals surface area contributed by atoms with Gasteiger partial charge in [0, 0.05) is 6.42 Å². The number of aliphatic hydroxyl groups excluding tert-OH is 1. The van der Waals surface area contributed by atoms with Crippen LogP contribution in [0.15, 0.2) is 12.7 Å². The van der Waals surface area contributed by atoms with Gasteiger partial charge in [0.05, 0.1) is 19.3 Å². The van der Waals surface area contributed by atoms with Crippen molar-refractivity contribution in [2.75, 3.05) is 13.2 Å². The summed E-state index contributed by atoms with van der Waals surface area (Å²) in [5.41, 5.74) is 0. The number of rotatable bonds is 3. The van der Waals surface area contributed by atoms with Crippen LogP contribution in [0.25, 0.3) is 0 Å². The summed E-state index contributed by atoms with van der Waals surface area (Å²) in [6, 6.07) is 0. The summed E-state index contributed by atoms with van der Waals surface area (Å²) in [6.45, 7) is 7.03. The fourth-order valence-electron chi connectivity index (χ4n) is 1.02. The number of aliphatic hydroxyl groups is 3. The average molecular weight is 234 g/mol. The maximum atomic E-state index is 9.05. The lowest BCUT2D eigenvalue weighted by Crippen LogP contribution is -2.30. The quantitative estimate of drug-likeness (QED) is 0.486. The van der Waals surface area contributed by atoms with Gasteiger partial charge < -0.3 is 24.8 Å². The molecule has 5 nitrogen and oxygen atoms in total. The number of hydrogen-bond acceptors (Lipinski definition) is 5. The van der Waals surface area contributed by atoms with Gasteiger partial charge in [-0.1, -0.05) is 6.08 Å². The average Bonchev–Trinajstić information content (AvgIpc) is 2.14. The molecular weight excluding hydrogens is 212 g/mol. The molecular formula is C11H22O5. The normalized spacial score (nSPS) is 25.6. The molecule has 1 saturated heterocycles. The van der Waals surface area contributed by atoms with E-state index in [9.17, 15) is 0 Å². The fourth-order valence-corrected chi connectivity index (χ4v) is 1.02. The summed E-state index contributed by atoms with van der Waals surface area (Å²) in [5, 5.41) is 25.2. The maximum Gasteiger partial charge on any atom is 0.158 e. The lowest BCUT2D eigenvalue weighted by molar-refractivity contribution is -0.180. The van der Waals surface area contributed by atoms with E-state index in [4.69, 9.17) is 24.8 Å². The Labute approximate surface area is 96.3 Å². The van der Waals surface area contributed by atoms with Crippen LogP contribution in [0.3, 0.4) is 0 Å². The first-order valence-corrected chi connectivity index (χ1v) is 5.30. The van der Waals surface area contributed by atoms with E-state index >= 15 is 0 Å². The predicted molar refractivity (Wildman–Crippen MR) is 59.6 cm³/mol. The molecule has 0 aromatic rings. The first kappa shape index (κ1) is 15.5. The molecule has 0 aromatic carbocycles. The summed E-state index contributed by atoms with van der Waals surface area (Å²) in [6.07, 6.45) is 2.78. The lowest BCUT2D eigenvalue weighted by atomic mass is 10.1. The highest BCUT2D eigenvalue weighted by atomic mass is 16.7. The van der Waals surface area contributed by atoms with E-state index in [0.29, 0.717) is 13.2 Å². The zero-order valence-corrected chi connectivity index (χ0v) is 9.93. The molecule has 1 aliphatic heterocycles. The molecule has 5 heteroatoms. The van der Waals surface area contributed by atoms with Crippen LogP contribution in [0.5, 0.6) is 0 Å². The molecule has 1 aliphatic rings. The van der Waals surface area contributed by atoms with E-state index in [0.717, 1.165) is 12.8 Å². The van der Waals surface area contributed by atoms with Crippen LogP contribution >= 0.6 is 0 Å². The molecule has 96 valence electrons. The number of hydrogen-bond donors (Lipinski definition) is 3. The Kier molecular flexibility index (Phi) is 7.53. The van der Waals surface area contributed by atoms with Crippen molar-refractivity contribution in [2.45, 2.75) is 44.9 Å². The third kappa shape index (κ3) is 11.6. The minimum absolute atomic E-state index is 0.142. The highest BCUT2D eigenvalue weighted by Gasteiger charge is 2.19. The van der Waals surface area contributed by atoms with Crippen LogP contribution in [-0.2, 0) is 9.47 Å². The number of ether oxygens (including phenoxy) is 2. The van der Waals surface area contributed by atoms with Gasteiger partial charge in [0.2, 0.25) is 0 Å². The summed E-state index contributed by atoms with van der Waals surface area (Å²) < 4.78 is 10.4. The monoisotopic (exact) mass is 234 g/mol. The Morgan fingerprint density at radius 2 is 2.00 bits per heavy atom. The van der Waals surface area contributed by atoms with Crippen molar-refractivity contribution in [1.82, 2.24) is 0 Å². The molecule has 0 spiro atoms. The zero-order chi connectivity index (χ0) is 12.6. The largest absolute Gasteiger partial charge is 0.391 e. The topological polar surface area (TPSA) is 79.2 Å². The van der Waals surface area contributed by atoms with Gasteiger partial charge in [-0.2, -0.15) is 0 Å². The van der Waals surface area contributed by atoms with Crippen molar-refractivity contribution in [3.63, 3.8) is 0 Å². The molecule has 16 heavy (non-hydrogen) atoms.